The fraction of sp³-hybridized carbons (Fsp3) is 0.222. The minimum atomic E-state index is -1.16. The molecule has 0 radical (unpaired) electrons. The van der Waals surface area contributed by atoms with Crippen molar-refractivity contribution in [2.75, 3.05) is 18.4 Å². The minimum Gasteiger partial charge on any atom is -0.384 e. The van der Waals surface area contributed by atoms with Gasteiger partial charge in [-0.05, 0) is 25.1 Å². The fourth-order valence-corrected chi connectivity index (χ4v) is 2.46. The Labute approximate surface area is 146 Å². The van der Waals surface area contributed by atoms with Crippen molar-refractivity contribution in [2.24, 2.45) is 0 Å². The number of aliphatic hydroxyl groups is 1. The van der Waals surface area contributed by atoms with Crippen LogP contribution in [0.5, 0.6) is 0 Å². The van der Waals surface area contributed by atoms with E-state index in [4.69, 9.17) is 18.0 Å². The number of benzene rings is 1. The van der Waals surface area contributed by atoms with Crippen molar-refractivity contribution in [3.63, 3.8) is 0 Å². The van der Waals surface area contributed by atoms with E-state index in [1.807, 2.05) is 6.07 Å². The first kappa shape index (κ1) is 17.8. The third-order valence-electron chi connectivity index (χ3n) is 3.44. The predicted octanol–water partition coefficient (Wildman–Crippen LogP) is 2.42. The summed E-state index contributed by atoms with van der Waals surface area (Å²) in [5.74, 6) is 2.59. The van der Waals surface area contributed by atoms with Crippen molar-refractivity contribution < 1.29 is 9.90 Å². The van der Waals surface area contributed by atoms with E-state index in [1.54, 1.807) is 37.3 Å². The second-order valence-corrected chi connectivity index (χ2v) is 5.83. The standard InChI is InChI=1S/C18H18ClN3O2/c1-3-10-20-17(23)13-8-9-16(21-11-13)22-12-18(2,24)14-6-4-5-7-15(14)19/h1,4-9,11,24H,10,12H2,2H3,(H,20,23)(H,21,22). The normalized spacial score (nSPS) is 12.8. The summed E-state index contributed by atoms with van der Waals surface area (Å²) in [5.41, 5.74) is -0.124. The summed E-state index contributed by atoms with van der Waals surface area (Å²) in [6.07, 6.45) is 6.54. The molecule has 0 aliphatic rings. The van der Waals surface area contributed by atoms with E-state index in [9.17, 15) is 9.90 Å². The zero-order valence-electron chi connectivity index (χ0n) is 13.2. The van der Waals surface area contributed by atoms with Crippen molar-refractivity contribution >= 4 is 23.3 Å². The van der Waals surface area contributed by atoms with E-state index in [0.717, 1.165) is 0 Å². The lowest BCUT2D eigenvalue weighted by molar-refractivity contribution is 0.0715. The number of anilines is 1. The summed E-state index contributed by atoms with van der Waals surface area (Å²) in [6.45, 7) is 2.05. The molecule has 0 saturated carbocycles. The highest BCUT2D eigenvalue weighted by Crippen LogP contribution is 2.27. The maximum absolute atomic E-state index is 11.7. The molecule has 0 bridgehead atoms. The predicted molar refractivity (Wildman–Crippen MR) is 94.9 cm³/mol. The van der Waals surface area contributed by atoms with Crippen LogP contribution in [0.25, 0.3) is 0 Å². The molecule has 6 heteroatoms. The number of carbonyl (C=O) groups is 1. The first-order chi connectivity index (χ1) is 11.4. The molecule has 1 heterocycles. The van der Waals surface area contributed by atoms with Gasteiger partial charge in [0, 0.05) is 23.3 Å². The molecule has 2 aromatic rings. The largest absolute Gasteiger partial charge is 0.384 e. The molecule has 124 valence electrons. The topological polar surface area (TPSA) is 74.2 Å². The first-order valence-electron chi connectivity index (χ1n) is 7.33. The van der Waals surface area contributed by atoms with Gasteiger partial charge in [-0.1, -0.05) is 35.7 Å². The average molecular weight is 344 g/mol. The van der Waals surface area contributed by atoms with Crippen molar-refractivity contribution in [1.29, 1.82) is 0 Å². The Morgan fingerprint density at radius 3 is 2.75 bits per heavy atom. The van der Waals surface area contributed by atoms with E-state index in [2.05, 4.69) is 21.5 Å². The number of rotatable bonds is 6. The lowest BCUT2D eigenvalue weighted by atomic mass is 9.96. The molecule has 0 spiro atoms. The Kier molecular flexibility index (Phi) is 5.80. The van der Waals surface area contributed by atoms with Gasteiger partial charge in [0.1, 0.15) is 11.4 Å². The van der Waals surface area contributed by atoms with Gasteiger partial charge in [-0.25, -0.2) is 4.98 Å². The molecule has 1 aromatic carbocycles. The summed E-state index contributed by atoms with van der Waals surface area (Å²) in [5, 5.41) is 16.7. The Bertz CT molecular complexity index is 752. The number of halogens is 1. The molecule has 2 rings (SSSR count). The molecule has 1 atom stereocenters. The average Bonchev–Trinajstić information content (AvgIpc) is 2.58. The third-order valence-corrected chi connectivity index (χ3v) is 3.77. The number of hydrogen-bond donors (Lipinski definition) is 3. The molecule has 3 N–H and O–H groups in total. The molecule has 1 unspecified atom stereocenters. The van der Waals surface area contributed by atoms with Crippen LogP contribution in [0.1, 0.15) is 22.8 Å². The molecule has 0 aliphatic carbocycles. The van der Waals surface area contributed by atoms with Crippen LogP contribution in [-0.2, 0) is 5.60 Å². The molecule has 1 aromatic heterocycles. The Balaban J connectivity index is 2.01. The third kappa shape index (κ3) is 4.48. The summed E-state index contributed by atoms with van der Waals surface area (Å²) < 4.78 is 0. The van der Waals surface area contributed by atoms with Crippen LogP contribution in [-0.4, -0.2) is 29.1 Å². The molecular weight excluding hydrogens is 326 g/mol. The van der Waals surface area contributed by atoms with E-state index < -0.39 is 5.60 Å². The fourth-order valence-electron chi connectivity index (χ4n) is 2.12. The summed E-state index contributed by atoms with van der Waals surface area (Å²) in [7, 11) is 0. The van der Waals surface area contributed by atoms with E-state index >= 15 is 0 Å². The van der Waals surface area contributed by atoms with Crippen LogP contribution >= 0.6 is 11.6 Å². The van der Waals surface area contributed by atoms with Crippen LogP contribution in [0, 0.1) is 12.3 Å². The number of pyridine rings is 1. The van der Waals surface area contributed by atoms with Gasteiger partial charge in [0.15, 0.2) is 0 Å². The van der Waals surface area contributed by atoms with Crippen molar-refractivity contribution in [2.45, 2.75) is 12.5 Å². The molecule has 0 fully saturated rings. The van der Waals surface area contributed by atoms with Crippen molar-refractivity contribution in [1.82, 2.24) is 10.3 Å². The molecule has 24 heavy (non-hydrogen) atoms. The molecule has 0 aliphatic heterocycles. The molecular formula is C18H18ClN3O2. The number of terminal acetylenes is 1. The number of nitrogens with zero attached hydrogens (tertiary/aromatic N) is 1. The monoisotopic (exact) mass is 343 g/mol. The Hall–Kier alpha value is -2.55. The second kappa shape index (κ2) is 7.82. The van der Waals surface area contributed by atoms with Gasteiger partial charge in [0.05, 0.1) is 12.1 Å². The van der Waals surface area contributed by atoms with Gasteiger partial charge in [0.25, 0.3) is 5.91 Å². The lowest BCUT2D eigenvalue weighted by Crippen LogP contribution is -2.31. The number of amides is 1. The van der Waals surface area contributed by atoms with E-state index in [1.165, 1.54) is 6.20 Å². The van der Waals surface area contributed by atoms with Gasteiger partial charge < -0.3 is 15.7 Å². The number of hydrogen-bond acceptors (Lipinski definition) is 4. The molecule has 0 saturated heterocycles. The number of nitrogens with one attached hydrogen (secondary N) is 2. The molecule has 1 amide bonds. The van der Waals surface area contributed by atoms with Crippen LogP contribution in [0.3, 0.4) is 0 Å². The van der Waals surface area contributed by atoms with Gasteiger partial charge in [-0.3, -0.25) is 4.79 Å². The second-order valence-electron chi connectivity index (χ2n) is 5.43. The molecule has 5 nitrogen and oxygen atoms in total. The Morgan fingerprint density at radius 2 is 2.12 bits per heavy atom. The maximum atomic E-state index is 11.7. The maximum Gasteiger partial charge on any atom is 0.253 e. The van der Waals surface area contributed by atoms with Crippen molar-refractivity contribution in [3.8, 4) is 12.3 Å². The van der Waals surface area contributed by atoms with Gasteiger partial charge >= 0.3 is 0 Å². The lowest BCUT2D eigenvalue weighted by Gasteiger charge is -2.25. The quantitative estimate of drug-likeness (QED) is 0.704. The zero-order valence-corrected chi connectivity index (χ0v) is 14.0. The highest BCUT2D eigenvalue weighted by atomic mass is 35.5. The van der Waals surface area contributed by atoms with Crippen LogP contribution in [0.15, 0.2) is 42.6 Å². The summed E-state index contributed by atoms with van der Waals surface area (Å²) >= 11 is 6.13. The van der Waals surface area contributed by atoms with Gasteiger partial charge in [-0.15, -0.1) is 6.42 Å². The smallest absolute Gasteiger partial charge is 0.253 e. The summed E-state index contributed by atoms with van der Waals surface area (Å²) in [6, 6.07) is 10.4. The zero-order chi connectivity index (χ0) is 17.6. The number of carbonyl (C=O) groups excluding carboxylic acids is 1. The van der Waals surface area contributed by atoms with Crippen molar-refractivity contribution in [3.05, 3.63) is 58.7 Å². The number of aromatic nitrogens is 1. The van der Waals surface area contributed by atoms with Crippen LogP contribution in [0.4, 0.5) is 5.82 Å². The Morgan fingerprint density at radius 1 is 1.38 bits per heavy atom. The van der Waals surface area contributed by atoms with Gasteiger partial charge in [0.2, 0.25) is 0 Å². The van der Waals surface area contributed by atoms with Crippen LogP contribution < -0.4 is 10.6 Å². The summed E-state index contributed by atoms with van der Waals surface area (Å²) in [4.78, 5) is 15.9. The van der Waals surface area contributed by atoms with Crippen LogP contribution in [0.2, 0.25) is 5.02 Å². The van der Waals surface area contributed by atoms with E-state index in [0.29, 0.717) is 22.0 Å². The van der Waals surface area contributed by atoms with E-state index in [-0.39, 0.29) is 19.0 Å². The highest BCUT2D eigenvalue weighted by Gasteiger charge is 2.25. The first-order valence-corrected chi connectivity index (χ1v) is 7.71. The highest BCUT2D eigenvalue weighted by molar-refractivity contribution is 6.31. The van der Waals surface area contributed by atoms with Gasteiger partial charge in [-0.2, -0.15) is 0 Å². The SMILES string of the molecule is C#CCNC(=O)c1ccc(NCC(C)(O)c2ccccc2Cl)nc1. The minimum absolute atomic E-state index is 0.166.